The number of amides is 2. The quantitative estimate of drug-likeness (QED) is 0.553. The van der Waals surface area contributed by atoms with E-state index in [-0.39, 0.29) is 35.7 Å². The predicted octanol–water partition coefficient (Wildman–Crippen LogP) is 3.79. The van der Waals surface area contributed by atoms with Gasteiger partial charge >= 0.3 is 0 Å². The number of carbonyl (C=O) groups is 2. The van der Waals surface area contributed by atoms with Crippen LogP contribution in [0.15, 0.2) is 67.0 Å². The van der Waals surface area contributed by atoms with E-state index in [1.165, 1.54) is 36.7 Å². The summed E-state index contributed by atoms with van der Waals surface area (Å²) in [5, 5.41) is 0. The predicted molar refractivity (Wildman–Crippen MR) is 126 cm³/mol. The van der Waals surface area contributed by atoms with Gasteiger partial charge in [0, 0.05) is 25.5 Å². The van der Waals surface area contributed by atoms with E-state index in [0.717, 1.165) is 11.1 Å². The van der Waals surface area contributed by atoms with E-state index in [0.29, 0.717) is 50.5 Å². The van der Waals surface area contributed by atoms with Gasteiger partial charge in [0.2, 0.25) is 0 Å². The highest BCUT2D eigenvalue weighted by Crippen LogP contribution is 2.25. The Kier molecular flexibility index (Phi) is 7.02. The van der Waals surface area contributed by atoms with Gasteiger partial charge in [-0.3, -0.25) is 14.6 Å². The Hall–Kier alpha value is -3.69. The number of rotatable bonds is 4. The fourth-order valence-corrected chi connectivity index (χ4v) is 4.46. The molecule has 5 rings (SSSR count). The summed E-state index contributed by atoms with van der Waals surface area (Å²) in [6, 6.07) is 13.6. The number of halogens is 2. The number of nitrogens with zero attached hydrogens (tertiary/aromatic N) is 3. The number of hydrogen-bond acceptors (Lipinski definition) is 5. The Morgan fingerprint density at radius 1 is 0.722 bits per heavy atom. The maximum atomic E-state index is 13.3. The average molecular weight is 494 g/mol. The molecule has 2 atom stereocenters. The van der Waals surface area contributed by atoms with E-state index < -0.39 is 0 Å². The van der Waals surface area contributed by atoms with Gasteiger partial charge in [-0.05, 0) is 41.5 Å². The van der Waals surface area contributed by atoms with E-state index in [1.807, 2.05) is 0 Å². The summed E-state index contributed by atoms with van der Waals surface area (Å²) in [6.07, 6.45) is 2.17. The molecular weight excluding hydrogens is 468 g/mol. The number of ether oxygens (including phenoxy) is 2. The van der Waals surface area contributed by atoms with E-state index in [9.17, 15) is 18.4 Å². The van der Waals surface area contributed by atoms with Crippen LogP contribution in [0.4, 0.5) is 8.78 Å². The Bertz CT molecular complexity index is 1140. The monoisotopic (exact) mass is 493 g/mol. The van der Waals surface area contributed by atoms with Crippen molar-refractivity contribution in [3.8, 4) is 0 Å². The van der Waals surface area contributed by atoms with Gasteiger partial charge in [0.25, 0.3) is 11.8 Å². The molecule has 2 aliphatic heterocycles. The second kappa shape index (κ2) is 10.5. The molecule has 0 saturated carbocycles. The summed E-state index contributed by atoms with van der Waals surface area (Å²) < 4.78 is 38.1. The minimum absolute atomic E-state index is 0.251. The third-order valence-electron chi connectivity index (χ3n) is 6.42. The molecule has 186 valence electrons. The summed E-state index contributed by atoms with van der Waals surface area (Å²) >= 11 is 0. The molecule has 36 heavy (non-hydrogen) atoms. The summed E-state index contributed by atoms with van der Waals surface area (Å²) in [5.74, 6) is -1.17. The average Bonchev–Trinajstić information content (AvgIpc) is 2.93. The molecule has 3 aromatic rings. The smallest absolute Gasteiger partial charge is 0.255 e. The lowest BCUT2D eigenvalue weighted by molar-refractivity contribution is -0.0231. The molecule has 2 amide bonds. The lowest BCUT2D eigenvalue weighted by Crippen LogP contribution is -2.43. The van der Waals surface area contributed by atoms with Crippen LogP contribution in [0.5, 0.6) is 0 Å². The first-order chi connectivity index (χ1) is 17.5. The van der Waals surface area contributed by atoms with Crippen molar-refractivity contribution in [2.45, 2.75) is 12.2 Å². The molecule has 2 fully saturated rings. The van der Waals surface area contributed by atoms with Crippen LogP contribution in [-0.4, -0.2) is 66.0 Å². The van der Waals surface area contributed by atoms with E-state index in [2.05, 4.69) is 4.98 Å². The van der Waals surface area contributed by atoms with Gasteiger partial charge in [0.15, 0.2) is 0 Å². The minimum Gasteiger partial charge on any atom is -0.370 e. The number of benzene rings is 2. The number of aromatic nitrogens is 1. The Morgan fingerprint density at radius 3 is 1.56 bits per heavy atom. The van der Waals surface area contributed by atoms with Crippen molar-refractivity contribution in [2.24, 2.45) is 0 Å². The molecule has 9 heteroatoms. The van der Waals surface area contributed by atoms with Crippen LogP contribution < -0.4 is 0 Å². The summed E-state index contributed by atoms with van der Waals surface area (Å²) in [5.41, 5.74) is 2.20. The SMILES string of the molecule is O=C(c1cncc(C(=O)N2CCOC(c3ccc(F)cc3)C2)c1)N1CCOC(c2ccc(F)cc2)C1. The van der Waals surface area contributed by atoms with Crippen molar-refractivity contribution in [2.75, 3.05) is 39.4 Å². The summed E-state index contributed by atoms with van der Waals surface area (Å²) in [6.45, 7) is 2.11. The molecule has 0 N–H and O–H groups in total. The summed E-state index contributed by atoms with van der Waals surface area (Å²) in [7, 11) is 0. The van der Waals surface area contributed by atoms with E-state index in [4.69, 9.17) is 9.47 Å². The largest absolute Gasteiger partial charge is 0.370 e. The van der Waals surface area contributed by atoms with Gasteiger partial charge in [-0.1, -0.05) is 24.3 Å². The second-order valence-electron chi connectivity index (χ2n) is 8.79. The zero-order valence-corrected chi connectivity index (χ0v) is 19.5. The molecule has 2 saturated heterocycles. The first-order valence-electron chi connectivity index (χ1n) is 11.8. The lowest BCUT2D eigenvalue weighted by atomic mass is 10.1. The first-order valence-corrected chi connectivity index (χ1v) is 11.8. The number of hydrogen-bond donors (Lipinski definition) is 0. The molecule has 2 aliphatic rings. The number of morpholine rings is 2. The third kappa shape index (κ3) is 5.27. The van der Waals surface area contributed by atoms with Crippen LogP contribution in [0.3, 0.4) is 0 Å². The Balaban J connectivity index is 1.27. The topological polar surface area (TPSA) is 72.0 Å². The number of pyridine rings is 1. The van der Waals surface area contributed by atoms with Crippen LogP contribution >= 0.6 is 0 Å². The van der Waals surface area contributed by atoms with Crippen LogP contribution in [-0.2, 0) is 9.47 Å². The fourth-order valence-electron chi connectivity index (χ4n) is 4.46. The minimum atomic E-state index is -0.363. The van der Waals surface area contributed by atoms with Crippen LogP contribution in [0, 0.1) is 11.6 Å². The maximum absolute atomic E-state index is 13.3. The first kappa shape index (κ1) is 24.0. The van der Waals surface area contributed by atoms with Crippen molar-refractivity contribution < 1.29 is 27.8 Å². The molecule has 0 bridgehead atoms. The van der Waals surface area contributed by atoms with E-state index >= 15 is 0 Å². The van der Waals surface area contributed by atoms with Crippen LogP contribution in [0.1, 0.15) is 44.1 Å². The zero-order valence-electron chi connectivity index (χ0n) is 19.5. The highest BCUT2D eigenvalue weighted by atomic mass is 19.1. The fraction of sp³-hybridized carbons (Fsp3) is 0.296. The molecule has 3 heterocycles. The lowest BCUT2D eigenvalue weighted by Gasteiger charge is -2.34. The molecule has 0 radical (unpaired) electrons. The van der Waals surface area contributed by atoms with Crippen LogP contribution in [0.2, 0.25) is 0 Å². The molecule has 0 spiro atoms. The van der Waals surface area contributed by atoms with Crippen molar-refractivity contribution in [1.82, 2.24) is 14.8 Å². The molecule has 2 aromatic carbocycles. The highest BCUT2D eigenvalue weighted by molar-refractivity contribution is 5.99. The van der Waals surface area contributed by atoms with Crippen LogP contribution in [0.25, 0.3) is 0 Å². The molecule has 0 aliphatic carbocycles. The molecular formula is C27H25F2N3O4. The summed E-state index contributed by atoms with van der Waals surface area (Å²) in [4.78, 5) is 33.9. The van der Waals surface area contributed by atoms with Crippen molar-refractivity contribution in [3.63, 3.8) is 0 Å². The molecule has 2 unspecified atom stereocenters. The standard InChI is InChI=1S/C27H25F2N3O4/c28-22-5-1-18(2-6-22)24-16-31(9-11-35-24)26(33)20-13-21(15-30-14-20)27(34)32-10-12-36-25(17-32)19-3-7-23(29)8-4-19/h1-8,13-15,24-25H,9-12,16-17H2. The maximum Gasteiger partial charge on any atom is 0.255 e. The number of carbonyl (C=O) groups excluding carboxylic acids is 2. The highest BCUT2D eigenvalue weighted by Gasteiger charge is 2.29. The van der Waals surface area contributed by atoms with Gasteiger partial charge in [-0.25, -0.2) is 8.78 Å². The van der Waals surface area contributed by atoms with Gasteiger partial charge in [0.1, 0.15) is 23.8 Å². The Labute approximate surface area is 207 Å². The Morgan fingerprint density at radius 2 is 1.14 bits per heavy atom. The van der Waals surface area contributed by atoms with Gasteiger partial charge < -0.3 is 19.3 Å². The van der Waals surface area contributed by atoms with Crippen molar-refractivity contribution >= 4 is 11.8 Å². The normalized spacial score (nSPS) is 20.3. The third-order valence-corrected chi connectivity index (χ3v) is 6.42. The van der Waals surface area contributed by atoms with Gasteiger partial charge in [0.05, 0.1) is 37.4 Å². The van der Waals surface area contributed by atoms with Gasteiger partial charge in [-0.2, -0.15) is 0 Å². The van der Waals surface area contributed by atoms with E-state index in [1.54, 1.807) is 40.1 Å². The molecule has 7 nitrogen and oxygen atoms in total. The van der Waals surface area contributed by atoms with Crippen molar-refractivity contribution in [3.05, 3.63) is 101 Å². The van der Waals surface area contributed by atoms with Gasteiger partial charge in [-0.15, -0.1) is 0 Å². The zero-order chi connectivity index (χ0) is 25.1. The molecule has 1 aromatic heterocycles. The second-order valence-corrected chi connectivity index (χ2v) is 8.79. The van der Waals surface area contributed by atoms with Crippen molar-refractivity contribution in [1.29, 1.82) is 0 Å².